The molecule has 1 fully saturated rings. The van der Waals surface area contributed by atoms with Crippen LogP contribution in [0.5, 0.6) is 0 Å². The molecule has 2 heterocycles. The maximum atomic E-state index is 12.4. The molecule has 24 heavy (non-hydrogen) atoms. The molecule has 1 aromatic heterocycles. The molecule has 1 aliphatic heterocycles. The van der Waals surface area contributed by atoms with Gasteiger partial charge in [0.05, 0.1) is 24.8 Å². The maximum absolute atomic E-state index is 12.4. The molecule has 2 N–H and O–H groups in total. The summed E-state index contributed by atoms with van der Waals surface area (Å²) in [6, 6.07) is 0. The molecule has 1 aromatic rings. The number of rotatable bonds is 5. The summed E-state index contributed by atoms with van der Waals surface area (Å²) in [5, 5.41) is 13.2. The van der Waals surface area contributed by atoms with E-state index in [-0.39, 0.29) is 24.5 Å². The number of nitrogens with zero attached hydrogens (tertiary/aromatic N) is 1. The van der Waals surface area contributed by atoms with Crippen LogP contribution in [0.2, 0.25) is 0 Å². The summed E-state index contributed by atoms with van der Waals surface area (Å²) in [5.74, 6) is -0.491. The van der Waals surface area contributed by atoms with Crippen molar-refractivity contribution in [2.24, 2.45) is 0 Å². The second-order valence-electron chi connectivity index (χ2n) is 6.36. The number of hydrogen-bond acceptors (Lipinski definition) is 6. The Morgan fingerprint density at radius 3 is 2.96 bits per heavy atom. The highest BCUT2D eigenvalue weighted by atomic mass is 32.1. The van der Waals surface area contributed by atoms with Gasteiger partial charge in [-0.1, -0.05) is 0 Å². The van der Waals surface area contributed by atoms with Crippen LogP contribution in [-0.4, -0.2) is 54.2 Å². The van der Waals surface area contributed by atoms with Gasteiger partial charge in [-0.25, -0.2) is 4.79 Å². The van der Waals surface area contributed by atoms with Crippen LogP contribution in [0.25, 0.3) is 0 Å². The Bertz CT molecular complexity index is 628. The van der Waals surface area contributed by atoms with Crippen LogP contribution in [0.1, 0.15) is 47.0 Å². The van der Waals surface area contributed by atoms with Crippen molar-refractivity contribution < 1.29 is 19.4 Å². The molecule has 0 bridgehead atoms. The van der Waals surface area contributed by atoms with E-state index in [0.717, 1.165) is 44.2 Å². The number of aliphatic hydroxyl groups excluding tert-OH is 1. The molecule has 1 atom stereocenters. The molecule has 1 unspecified atom stereocenters. The van der Waals surface area contributed by atoms with Gasteiger partial charge in [-0.15, -0.1) is 11.3 Å². The van der Waals surface area contributed by atoms with Gasteiger partial charge in [-0.3, -0.25) is 9.69 Å². The summed E-state index contributed by atoms with van der Waals surface area (Å²) in [4.78, 5) is 27.8. The predicted octanol–water partition coefficient (Wildman–Crippen LogP) is 1.81. The summed E-state index contributed by atoms with van der Waals surface area (Å²) < 4.78 is 5.17. The van der Waals surface area contributed by atoms with Crippen molar-refractivity contribution in [3.05, 3.63) is 16.0 Å². The van der Waals surface area contributed by atoms with E-state index in [9.17, 15) is 14.7 Å². The van der Waals surface area contributed by atoms with Gasteiger partial charge in [-0.05, 0) is 51.1 Å². The van der Waals surface area contributed by atoms with Gasteiger partial charge in [0.25, 0.3) is 0 Å². The fourth-order valence-corrected chi connectivity index (χ4v) is 4.75. The number of amides is 1. The average Bonchev–Trinajstić information content (AvgIpc) is 3.07. The lowest BCUT2D eigenvalue weighted by Gasteiger charge is -2.29. The third-order valence-corrected chi connectivity index (χ3v) is 5.71. The lowest BCUT2D eigenvalue weighted by Crippen LogP contribution is -2.42. The lowest BCUT2D eigenvalue weighted by molar-refractivity contribution is -0.117. The Hall–Kier alpha value is -1.44. The van der Waals surface area contributed by atoms with Crippen LogP contribution in [0, 0.1) is 0 Å². The Morgan fingerprint density at radius 1 is 1.38 bits per heavy atom. The highest BCUT2D eigenvalue weighted by molar-refractivity contribution is 7.17. The molecule has 7 heteroatoms. The average molecular weight is 352 g/mol. The fraction of sp³-hybridized carbons (Fsp3) is 0.647. The summed E-state index contributed by atoms with van der Waals surface area (Å²) in [7, 11) is 0. The van der Waals surface area contributed by atoms with Crippen molar-refractivity contribution in [2.75, 3.05) is 31.6 Å². The summed E-state index contributed by atoms with van der Waals surface area (Å²) in [6.07, 6.45) is 4.22. The minimum Gasteiger partial charge on any atom is -0.462 e. The van der Waals surface area contributed by atoms with E-state index in [1.165, 1.54) is 16.2 Å². The number of aliphatic hydroxyl groups is 1. The molecule has 2 aliphatic rings. The highest BCUT2D eigenvalue weighted by Gasteiger charge is 2.29. The number of thiophene rings is 1. The van der Waals surface area contributed by atoms with Crippen molar-refractivity contribution in [3.63, 3.8) is 0 Å². The number of hydrogen-bond donors (Lipinski definition) is 2. The Balaban J connectivity index is 1.70. The molecule has 132 valence electrons. The molecule has 6 nitrogen and oxygen atoms in total. The number of β-amino-alcohol motifs (C(OH)–C–C–N with tert-alkyl or cyclic N) is 1. The van der Waals surface area contributed by atoms with Crippen LogP contribution in [-0.2, 0) is 22.4 Å². The van der Waals surface area contributed by atoms with Crippen LogP contribution in [0.15, 0.2) is 0 Å². The van der Waals surface area contributed by atoms with E-state index in [1.807, 2.05) is 4.90 Å². The number of ether oxygens (including phenoxy) is 1. The summed E-state index contributed by atoms with van der Waals surface area (Å²) >= 11 is 1.49. The minimum absolute atomic E-state index is 0.144. The molecule has 0 radical (unpaired) electrons. The molecule has 0 saturated carbocycles. The first-order valence-electron chi connectivity index (χ1n) is 8.60. The molecule has 1 amide bonds. The van der Waals surface area contributed by atoms with Crippen molar-refractivity contribution in [1.29, 1.82) is 0 Å². The number of likely N-dealkylation sites (tertiary alicyclic amines) is 1. The van der Waals surface area contributed by atoms with E-state index in [4.69, 9.17) is 4.74 Å². The number of fused-ring (bicyclic) bond motifs is 1. The fourth-order valence-electron chi connectivity index (χ4n) is 3.46. The van der Waals surface area contributed by atoms with Crippen molar-refractivity contribution >= 4 is 28.2 Å². The third kappa shape index (κ3) is 3.79. The SMILES string of the molecule is CCOC(=O)c1c(NC(=O)CN2CCCC(O)C2)sc2c1CCC2. The molecule has 3 rings (SSSR count). The van der Waals surface area contributed by atoms with Gasteiger partial charge < -0.3 is 15.2 Å². The maximum Gasteiger partial charge on any atom is 0.341 e. The molecular formula is C17H24N2O4S. The van der Waals surface area contributed by atoms with Gasteiger partial charge in [0.15, 0.2) is 0 Å². The van der Waals surface area contributed by atoms with Crippen LogP contribution in [0.4, 0.5) is 5.00 Å². The molecule has 1 saturated heterocycles. The Morgan fingerprint density at radius 2 is 2.21 bits per heavy atom. The third-order valence-electron chi connectivity index (χ3n) is 4.50. The van der Waals surface area contributed by atoms with E-state index < -0.39 is 0 Å². The van der Waals surface area contributed by atoms with Gasteiger partial charge in [0, 0.05) is 11.4 Å². The second-order valence-corrected chi connectivity index (χ2v) is 7.47. The first kappa shape index (κ1) is 17.4. The van der Waals surface area contributed by atoms with E-state index in [2.05, 4.69) is 5.32 Å². The van der Waals surface area contributed by atoms with E-state index in [1.54, 1.807) is 6.92 Å². The lowest BCUT2D eigenvalue weighted by atomic mass is 10.1. The standard InChI is InChI=1S/C17H24N2O4S/c1-2-23-17(22)15-12-6-3-7-13(12)24-16(15)18-14(21)10-19-8-4-5-11(20)9-19/h11,20H,2-10H2,1H3,(H,18,21). The van der Waals surface area contributed by atoms with Crippen LogP contribution < -0.4 is 5.32 Å². The first-order chi connectivity index (χ1) is 11.6. The normalized spacial score (nSPS) is 20.7. The second kappa shape index (κ2) is 7.63. The Labute approximate surface area is 145 Å². The van der Waals surface area contributed by atoms with E-state index >= 15 is 0 Å². The minimum atomic E-state index is -0.354. The summed E-state index contributed by atoms with van der Waals surface area (Å²) in [6.45, 7) is 3.68. The number of piperidine rings is 1. The Kier molecular flexibility index (Phi) is 5.53. The zero-order chi connectivity index (χ0) is 17.1. The van der Waals surface area contributed by atoms with Gasteiger partial charge >= 0.3 is 5.97 Å². The smallest absolute Gasteiger partial charge is 0.341 e. The molecule has 1 aliphatic carbocycles. The molecular weight excluding hydrogens is 328 g/mol. The van der Waals surface area contributed by atoms with E-state index in [0.29, 0.717) is 23.7 Å². The number of esters is 1. The number of carbonyl (C=O) groups is 2. The van der Waals surface area contributed by atoms with Crippen molar-refractivity contribution in [2.45, 2.75) is 45.1 Å². The van der Waals surface area contributed by atoms with Crippen LogP contribution >= 0.6 is 11.3 Å². The number of anilines is 1. The monoisotopic (exact) mass is 352 g/mol. The van der Waals surface area contributed by atoms with Gasteiger partial charge in [0.2, 0.25) is 5.91 Å². The number of aryl methyl sites for hydroxylation is 1. The van der Waals surface area contributed by atoms with Crippen molar-refractivity contribution in [3.8, 4) is 0 Å². The molecule has 0 aromatic carbocycles. The number of nitrogens with one attached hydrogen (secondary N) is 1. The topological polar surface area (TPSA) is 78.9 Å². The zero-order valence-corrected chi connectivity index (χ0v) is 14.8. The van der Waals surface area contributed by atoms with Gasteiger partial charge in [-0.2, -0.15) is 0 Å². The highest BCUT2D eigenvalue weighted by Crippen LogP contribution is 2.39. The van der Waals surface area contributed by atoms with Crippen molar-refractivity contribution in [1.82, 2.24) is 4.90 Å². The van der Waals surface area contributed by atoms with Crippen LogP contribution in [0.3, 0.4) is 0 Å². The summed E-state index contributed by atoms with van der Waals surface area (Å²) in [5.41, 5.74) is 1.59. The predicted molar refractivity (Wildman–Crippen MR) is 92.6 cm³/mol. The number of carbonyl (C=O) groups excluding carboxylic acids is 2. The van der Waals surface area contributed by atoms with Gasteiger partial charge in [0.1, 0.15) is 5.00 Å². The quantitative estimate of drug-likeness (QED) is 0.790. The zero-order valence-electron chi connectivity index (χ0n) is 14.0. The largest absolute Gasteiger partial charge is 0.462 e. The molecule has 0 spiro atoms. The first-order valence-corrected chi connectivity index (χ1v) is 9.42.